The number of hydrogen-bond acceptors (Lipinski definition) is 4. The molecule has 4 atom stereocenters. The summed E-state index contributed by atoms with van der Waals surface area (Å²) in [5.41, 5.74) is 5.67. The van der Waals surface area contributed by atoms with E-state index in [1.54, 1.807) is 0 Å². The van der Waals surface area contributed by atoms with Crippen molar-refractivity contribution in [2.24, 2.45) is 34.5 Å². The van der Waals surface area contributed by atoms with Crippen molar-refractivity contribution in [3.8, 4) is 11.3 Å². The normalized spacial score (nSPS) is 22.2. The Bertz CT molecular complexity index is 1950. The molecule has 2 fully saturated rings. The van der Waals surface area contributed by atoms with Crippen LogP contribution in [0.4, 0.5) is 0 Å². The van der Waals surface area contributed by atoms with Crippen LogP contribution >= 0.6 is 12.6 Å². The molecular weight excluding hydrogens is 871 g/mol. The van der Waals surface area contributed by atoms with Crippen molar-refractivity contribution in [2.45, 2.75) is 144 Å². The van der Waals surface area contributed by atoms with Crippen molar-refractivity contribution < 1.29 is 30.0 Å². The third kappa shape index (κ3) is 9.64. The van der Waals surface area contributed by atoms with Crippen molar-refractivity contribution in [2.75, 3.05) is 0 Å². The number of allylic oxidation sites excluding steroid dienone is 2. The Labute approximate surface area is 352 Å². The molecular formula is C50H68IrNO2S-. The van der Waals surface area contributed by atoms with Gasteiger partial charge in [-0.25, -0.2) is 0 Å². The number of aromatic nitrogens is 1. The monoisotopic (exact) mass is 939 g/mol. The Morgan fingerprint density at radius 1 is 0.873 bits per heavy atom. The van der Waals surface area contributed by atoms with Gasteiger partial charge in [0.05, 0.1) is 5.76 Å². The number of carbonyl (C=O) groups is 1. The maximum Gasteiger partial charge on any atom is 0.162 e. The molecule has 0 amide bonds. The smallest absolute Gasteiger partial charge is 0.162 e. The molecule has 55 heavy (non-hydrogen) atoms. The van der Waals surface area contributed by atoms with Crippen molar-refractivity contribution in [3.05, 3.63) is 89.8 Å². The molecule has 0 bridgehead atoms. The van der Waals surface area contributed by atoms with Crippen molar-refractivity contribution in [1.82, 2.24) is 4.98 Å². The van der Waals surface area contributed by atoms with E-state index in [9.17, 15) is 9.90 Å². The number of pyridine rings is 1. The van der Waals surface area contributed by atoms with Crippen LogP contribution in [0.3, 0.4) is 0 Å². The van der Waals surface area contributed by atoms with E-state index >= 15 is 0 Å². The average molecular weight is 939 g/mol. The molecule has 0 aliphatic heterocycles. The Kier molecular flexibility index (Phi) is 15.2. The first-order valence-corrected chi connectivity index (χ1v) is 21.5. The van der Waals surface area contributed by atoms with Crippen molar-refractivity contribution >= 4 is 40.0 Å². The molecule has 6 rings (SSSR count). The fourth-order valence-electron chi connectivity index (χ4n) is 9.94. The number of fused-ring (bicyclic) bond motifs is 3. The molecule has 1 radical (unpaired) electrons. The van der Waals surface area contributed by atoms with Crippen LogP contribution in [0.5, 0.6) is 0 Å². The molecule has 5 heteroatoms. The molecule has 4 aromatic rings. The summed E-state index contributed by atoms with van der Waals surface area (Å²) in [6.07, 6.45) is 12.0. The standard InChI is InChI=1S/C37H44NS.C13H24O2.Ir/c1-35(2,3)31-22-24(21-23-11-8-9-12-25(23)31)33-28-14-10-13-26(27(28)17-20-38-33)29-15-16-30-32(34(29)39)37(6,7)19-18-36(30,4)5;1-5-10(6-2)12(14)9-13(15)11(7-3)8-4;/h8-14,17,20,22,29-30,32,34,39H,15-16,18-19H2,1-7H3;9-11,14H,5-8H2,1-4H3;/q-1;;/b;12-9-;. The molecule has 4 unspecified atom stereocenters. The number of carbonyl (C=O) groups excluding carboxylic acids is 1. The molecule has 2 aliphatic rings. The summed E-state index contributed by atoms with van der Waals surface area (Å²) in [6, 6.07) is 23.8. The third-order valence-corrected chi connectivity index (χ3v) is 14.2. The van der Waals surface area contributed by atoms with E-state index in [4.69, 9.17) is 17.6 Å². The summed E-state index contributed by atoms with van der Waals surface area (Å²) >= 11 is 5.47. The van der Waals surface area contributed by atoms with E-state index in [-0.39, 0.29) is 48.9 Å². The number of rotatable bonds is 9. The summed E-state index contributed by atoms with van der Waals surface area (Å²) in [4.78, 5) is 16.7. The molecule has 1 aromatic heterocycles. The zero-order valence-electron chi connectivity index (χ0n) is 35.6. The van der Waals surface area contributed by atoms with E-state index in [1.165, 1.54) is 59.0 Å². The van der Waals surface area contributed by atoms with Crippen molar-refractivity contribution in [3.63, 3.8) is 0 Å². The minimum absolute atomic E-state index is 0. The van der Waals surface area contributed by atoms with E-state index in [0.29, 0.717) is 27.9 Å². The SMILES string of the molecule is CC(C)(C)c1cc(-c2nccc3c(C4CCC5C(C4S)C(C)(C)CCC5(C)C)cccc23)[c-]c2ccccc12.CCC(CC)C(=O)/C=C(\O)C(CC)CC.[Ir]. The molecule has 3 nitrogen and oxygen atoms in total. The van der Waals surface area contributed by atoms with Gasteiger partial charge in [0, 0.05) is 55.2 Å². The molecule has 1 N–H and O–H groups in total. The summed E-state index contributed by atoms with van der Waals surface area (Å²) in [5, 5.41) is 15.1. The summed E-state index contributed by atoms with van der Waals surface area (Å²) in [5.74, 6) is 2.37. The zero-order chi connectivity index (χ0) is 39.6. The van der Waals surface area contributed by atoms with E-state index in [0.717, 1.165) is 48.2 Å². The van der Waals surface area contributed by atoms with Crippen molar-refractivity contribution in [1.29, 1.82) is 0 Å². The number of ketones is 1. The number of aliphatic hydroxyl groups is 1. The third-order valence-electron chi connectivity index (χ3n) is 13.5. The second kappa shape index (κ2) is 18.4. The molecule has 3 aromatic carbocycles. The van der Waals surface area contributed by atoms with E-state index in [1.807, 2.05) is 33.9 Å². The van der Waals surface area contributed by atoms with Crippen LogP contribution in [0.1, 0.15) is 145 Å². The number of benzene rings is 3. The molecule has 2 aliphatic carbocycles. The maximum absolute atomic E-state index is 11.7. The van der Waals surface area contributed by atoms with Crippen LogP contribution < -0.4 is 0 Å². The van der Waals surface area contributed by atoms with E-state index in [2.05, 4.69) is 109 Å². The molecule has 1 heterocycles. The van der Waals surface area contributed by atoms with Gasteiger partial charge in [-0.05, 0) is 108 Å². The fraction of sp³-hybridized carbons (Fsp3) is 0.560. The second-order valence-electron chi connectivity index (χ2n) is 18.8. The van der Waals surface area contributed by atoms with Gasteiger partial charge in [-0.2, -0.15) is 12.6 Å². The zero-order valence-corrected chi connectivity index (χ0v) is 38.8. The number of aliphatic hydroxyl groups excluding tert-OH is 1. The van der Waals surface area contributed by atoms with Crippen LogP contribution in [0.25, 0.3) is 32.8 Å². The first-order valence-electron chi connectivity index (χ1n) is 20.9. The van der Waals surface area contributed by atoms with Gasteiger partial charge in [-0.15, -0.1) is 29.1 Å². The molecule has 301 valence electrons. The van der Waals surface area contributed by atoms with Crippen LogP contribution in [-0.4, -0.2) is 21.1 Å². The topological polar surface area (TPSA) is 50.2 Å². The minimum atomic E-state index is 0. The van der Waals surface area contributed by atoms with Gasteiger partial charge in [0.2, 0.25) is 0 Å². The van der Waals surface area contributed by atoms with Gasteiger partial charge >= 0.3 is 0 Å². The van der Waals surface area contributed by atoms with Gasteiger partial charge in [0.15, 0.2) is 5.78 Å². The van der Waals surface area contributed by atoms with Gasteiger partial charge in [-0.3, -0.25) is 9.78 Å². The van der Waals surface area contributed by atoms with Crippen LogP contribution in [0.2, 0.25) is 0 Å². The Hall–Kier alpha value is -2.46. The predicted octanol–water partition coefficient (Wildman–Crippen LogP) is 14.3. The first kappa shape index (κ1) is 45.2. The molecule has 0 spiro atoms. The average Bonchev–Trinajstić information content (AvgIpc) is 3.13. The van der Waals surface area contributed by atoms with Gasteiger partial charge in [0.25, 0.3) is 0 Å². The number of nitrogens with zero attached hydrogens (tertiary/aromatic N) is 1. The fourth-order valence-corrected chi connectivity index (χ4v) is 10.9. The van der Waals surface area contributed by atoms with Crippen LogP contribution in [0, 0.1) is 40.6 Å². The quantitative estimate of drug-likeness (QED) is 0.0761. The largest absolute Gasteiger partial charge is 0.512 e. The second-order valence-corrected chi connectivity index (χ2v) is 19.4. The van der Waals surface area contributed by atoms with E-state index < -0.39 is 0 Å². The van der Waals surface area contributed by atoms with Gasteiger partial charge in [0.1, 0.15) is 0 Å². The summed E-state index contributed by atoms with van der Waals surface area (Å²) in [7, 11) is 0. The number of hydrogen-bond donors (Lipinski definition) is 2. The minimum Gasteiger partial charge on any atom is -0.512 e. The summed E-state index contributed by atoms with van der Waals surface area (Å²) in [6.45, 7) is 25.0. The van der Waals surface area contributed by atoms with Crippen LogP contribution in [-0.2, 0) is 30.3 Å². The predicted molar refractivity (Wildman–Crippen MR) is 235 cm³/mol. The molecule has 0 saturated heterocycles. The number of thiol groups is 1. The van der Waals surface area contributed by atoms with Gasteiger partial charge in [-0.1, -0.05) is 124 Å². The molecule has 2 saturated carbocycles. The Morgan fingerprint density at radius 3 is 2.13 bits per heavy atom. The Balaban J connectivity index is 0.000000360. The first-order chi connectivity index (χ1) is 25.5. The van der Waals surface area contributed by atoms with Gasteiger partial charge < -0.3 is 5.11 Å². The van der Waals surface area contributed by atoms with Crippen LogP contribution in [0.15, 0.2) is 72.6 Å². The Morgan fingerprint density at radius 2 is 1.49 bits per heavy atom. The summed E-state index contributed by atoms with van der Waals surface area (Å²) < 4.78 is 0. The maximum atomic E-state index is 11.7.